The molecule has 4 nitrogen and oxygen atoms in total. The quantitative estimate of drug-likeness (QED) is 0.676. The third-order valence-electron chi connectivity index (χ3n) is 5.19. The lowest BCUT2D eigenvalue weighted by atomic mass is 10.0. The van der Waals surface area contributed by atoms with Crippen LogP contribution >= 0.6 is 0 Å². The second kappa shape index (κ2) is 8.40. The molecular weight excluding hydrogens is 355 g/mol. The zero-order chi connectivity index (χ0) is 19.3. The van der Waals surface area contributed by atoms with E-state index < -0.39 is 0 Å². The number of hydrogen-bond donors (Lipinski definition) is 1. The van der Waals surface area contributed by atoms with Crippen molar-refractivity contribution in [2.75, 3.05) is 24.5 Å². The van der Waals surface area contributed by atoms with E-state index in [4.69, 9.17) is 4.42 Å². The van der Waals surface area contributed by atoms with Gasteiger partial charge >= 0.3 is 5.63 Å². The van der Waals surface area contributed by atoms with Gasteiger partial charge in [-0.1, -0.05) is 42.5 Å². The van der Waals surface area contributed by atoms with Crippen molar-refractivity contribution in [3.8, 4) is 0 Å². The molecule has 0 unspecified atom stereocenters. The van der Waals surface area contributed by atoms with Crippen LogP contribution in [0.3, 0.4) is 0 Å². The van der Waals surface area contributed by atoms with Crippen LogP contribution in [0.25, 0.3) is 17.0 Å². The number of hydrogen-bond acceptors (Lipinski definition) is 4. The summed E-state index contributed by atoms with van der Waals surface area (Å²) in [7, 11) is 0. The van der Waals surface area contributed by atoms with Gasteiger partial charge in [0, 0.05) is 29.6 Å². The van der Waals surface area contributed by atoms with Crippen molar-refractivity contribution in [3.63, 3.8) is 0 Å². The lowest BCUT2D eigenvalue weighted by molar-refractivity contribution is 0.437. The third kappa shape index (κ3) is 3.99. The van der Waals surface area contributed by atoms with E-state index in [1.54, 1.807) is 24.3 Å². The fourth-order valence-electron chi connectivity index (χ4n) is 3.80. The Bertz CT molecular complexity index is 1040. The van der Waals surface area contributed by atoms with Crippen LogP contribution < -0.4 is 15.8 Å². The second-order valence-corrected chi connectivity index (χ2v) is 7.00. The topological polar surface area (TPSA) is 45.5 Å². The van der Waals surface area contributed by atoms with Crippen molar-refractivity contribution in [1.82, 2.24) is 5.32 Å². The molecule has 2 heterocycles. The van der Waals surface area contributed by atoms with Crippen LogP contribution in [0.1, 0.15) is 18.4 Å². The minimum atomic E-state index is -0.356. The molecule has 0 amide bonds. The molecule has 144 valence electrons. The Balaban J connectivity index is 1.70. The van der Waals surface area contributed by atoms with Crippen LogP contribution in [-0.4, -0.2) is 25.7 Å². The van der Waals surface area contributed by atoms with E-state index in [0.717, 1.165) is 37.0 Å². The first kappa shape index (κ1) is 18.4. The normalized spacial score (nSPS) is 15.3. The Morgan fingerprint density at radius 3 is 2.68 bits per heavy atom. The van der Waals surface area contributed by atoms with Gasteiger partial charge in [-0.15, -0.1) is 0 Å². The summed E-state index contributed by atoms with van der Waals surface area (Å²) in [6.45, 7) is 2.47. The molecule has 0 saturated carbocycles. The minimum Gasteiger partial charge on any atom is -0.423 e. The zero-order valence-electron chi connectivity index (χ0n) is 15.6. The first-order valence-electron chi connectivity index (χ1n) is 9.64. The summed E-state index contributed by atoms with van der Waals surface area (Å²) in [4.78, 5) is 14.4. The van der Waals surface area contributed by atoms with Gasteiger partial charge < -0.3 is 14.6 Å². The maximum atomic E-state index is 13.9. The van der Waals surface area contributed by atoms with Crippen molar-refractivity contribution in [2.24, 2.45) is 0 Å². The molecule has 1 aliphatic rings. The molecule has 0 spiro atoms. The summed E-state index contributed by atoms with van der Waals surface area (Å²) in [6, 6.07) is 16.2. The molecule has 1 N–H and O–H groups in total. The maximum Gasteiger partial charge on any atom is 0.338 e. The highest BCUT2D eigenvalue weighted by Gasteiger charge is 2.23. The highest BCUT2D eigenvalue weighted by atomic mass is 19.1. The molecule has 1 aromatic heterocycles. The van der Waals surface area contributed by atoms with Crippen LogP contribution in [0, 0.1) is 5.82 Å². The van der Waals surface area contributed by atoms with E-state index in [-0.39, 0.29) is 11.4 Å². The number of para-hydroxylation sites is 1. The van der Waals surface area contributed by atoms with Crippen LogP contribution in [0.4, 0.5) is 10.1 Å². The highest BCUT2D eigenvalue weighted by Crippen LogP contribution is 2.29. The smallest absolute Gasteiger partial charge is 0.338 e. The average molecular weight is 378 g/mol. The molecule has 1 saturated heterocycles. The van der Waals surface area contributed by atoms with Crippen LogP contribution in [0.5, 0.6) is 0 Å². The van der Waals surface area contributed by atoms with Gasteiger partial charge in [-0.05, 0) is 44.1 Å². The lowest BCUT2D eigenvalue weighted by Crippen LogP contribution is -2.43. The summed E-state index contributed by atoms with van der Waals surface area (Å²) in [5.41, 5.74) is 1.66. The lowest BCUT2D eigenvalue weighted by Gasteiger charge is -2.36. The summed E-state index contributed by atoms with van der Waals surface area (Å²) >= 11 is 0. The molecule has 0 bridgehead atoms. The van der Waals surface area contributed by atoms with Gasteiger partial charge in [0.05, 0.1) is 5.69 Å². The molecule has 3 aromatic rings. The van der Waals surface area contributed by atoms with E-state index in [0.29, 0.717) is 23.7 Å². The molecule has 0 atom stereocenters. The average Bonchev–Trinajstić information content (AvgIpc) is 2.72. The number of halogens is 1. The Kier molecular flexibility index (Phi) is 5.53. The second-order valence-electron chi connectivity index (χ2n) is 7.00. The van der Waals surface area contributed by atoms with Gasteiger partial charge in [-0.25, -0.2) is 9.18 Å². The number of benzene rings is 2. The predicted octanol–water partition coefficient (Wildman–Crippen LogP) is 4.20. The molecule has 0 radical (unpaired) electrons. The van der Waals surface area contributed by atoms with Gasteiger partial charge in [0.15, 0.2) is 0 Å². The molecule has 5 heteroatoms. The highest BCUT2D eigenvalue weighted by molar-refractivity contribution is 5.90. The molecule has 28 heavy (non-hydrogen) atoms. The summed E-state index contributed by atoms with van der Waals surface area (Å²) < 4.78 is 19.3. The largest absolute Gasteiger partial charge is 0.423 e. The third-order valence-corrected chi connectivity index (χ3v) is 5.19. The van der Waals surface area contributed by atoms with Crippen molar-refractivity contribution in [1.29, 1.82) is 0 Å². The Morgan fingerprint density at radius 2 is 1.86 bits per heavy atom. The van der Waals surface area contributed by atoms with E-state index in [2.05, 4.69) is 10.2 Å². The van der Waals surface area contributed by atoms with E-state index in [9.17, 15) is 9.18 Å². The van der Waals surface area contributed by atoms with Crippen LogP contribution in [-0.2, 0) is 0 Å². The van der Waals surface area contributed by atoms with Crippen LogP contribution in [0.2, 0.25) is 0 Å². The van der Waals surface area contributed by atoms with E-state index in [1.807, 2.05) is 36.4 Å². The number of rotatable bonds is 5. The number of anilines is 1. The monoisotopic (exact) mass is 378 g/mol. The Labute approximate surface area is 163 Å². The molecule has 1 fully saturated rings. The molecular formula is C23H23FN2O2. The van der Waals surface area contributed by atoms with Crippen molar-refractivity contribution in [2.45, 2.75) is 18.9 Å². The van der Waals surface area contributed by atoms with E-state index in [1.165, 1.54) is 6.07 Å². The van der Waals surface area contributed by atoms with Crippen molar-refractivity contribution >= 4 is 22.7 Å². The Hall–Kier alpha value is -2.92. The summed E-state index contributed by atoms with van der Waals surface area (Å²) in [6.07, 6.45) is 5.74. The van der Waals surface area contributed by atoms with Crippen LogP contribution in [0.15, 0.2) is 69.9 Å². The summed E-state index contributed by atoms with van der Waals surface area (Å²) in [5.74, 6) is -0.238. The van der Waals surface area contributed by atoms with E-state index >= 15 is 0 Å². The van der Waals surface area contributed by atoms with Gasteiger partial charge in [0.2, 0.25) is 0 Å². The predicted molar refractivity (Wildman–Crippen MR) is 111 cm³/mol. The number of fused-ring (bicyclic) bond motifs is 1. The standard InChI is InChI=1S/C23H23FN2O2/c24-20-9-3-1-6-17(20)7-5-15-26(18-11-13-25-14-12-18)21-16-23(27)28-22-10-4-2-8-19(21)22/h1-10,16,18,25H,11-15H2/b7-5+. The fourth-order valence-corrected chi connectivity index (χ4v) is 3.80. The van der Waals surface area contributed by atoms with Crippen molar-refractivity contribution in [3.05, 3.63) is 82.5 Å². The molecule has 0 aliphatic carbocycles. The zero-order valence-corrected chi connectivity index (χ0v) is 15.6. The molecule has 4 rings (SSSR count). The summed E-state index contributed by atoms with van der Waals surface area (Å²) in [5, 5.41) is 4.30. The number of nitrogens with zero attached hydrogens (tertiary/aromatic N) is 1. The first-order valence-corrected chi connectivity index (χ1v) is 9.64. The Morgan fingerprint density at radius 1 is 1.11 bits per heavy atom. The first-order chi connectivity index (χ1) is 13.7. The van der Waals surface area contributed by atoms with Gasteiger partial charge in [-0.3, -0.25) is 0 Å². The maximum absolute atomic E-state index is 13.9. The van der Waals surface area contributed by atoms with Gasteiger partial charge in [-0.2, -0.15) is 0 Å². The number of piperidine rings is 1. The van der Waals surface area contributed by atoms with Crippen molar-refractivity contribution < 1.29 is 8.81 Å². The fraction of sp³-hybridized carbons (Fsp3) is 0.261. The SMILES string of the molecule is O=c1cc(N(C/C=C/c2ccccc2F)C2CCNCC2)c2ccccc2o1. The van der Waals surface area contributed by atoms with Gasteiger partial charge in [0.1, 0.15) is 11.4 Å². The van der Waals surface area contributed by atoms with Gasteiger partial charge in [0.25, 0.3) is 0 Å². The molecule has 1 aliphatic heterocycles. The number of nitrogens with one attached hydrogen (secondary N) is 1. The minimum absolute atomic E-state index is 0.238. The molecule has 2 aromatic carbocycles.